The van der Waals surface area contributed by atoms with Gasteiger partial charge in [-0.2, -0.15) is 0 Å². The summed E-state index contributed by atoms with van der Waals surface area (Å²) in [5, 5.41) is 3.45. The predicted octanol–water partition coefficient (Wildman–Crippen LogP) is 4.53. The molecule has 112 valence electrons. The zero-order valence-electron chi connectivity index (χ0n) is 13.4. The topological polar surface area (TPSA) is 12.0 Å². The minimum Gasteiger partial charge on any atom is -0.316 e. The first-order valence-corrected chi connectivity index (χ1v) is 8.50. The standard InChI is InChI=1S/C19H25NS/c1-14-5-9-19(10-6-14)21-13-18(20-4)12-17-8-7-15(2)16(3)11-17/h5-11,18,20H,12-13H2,1-4H3. The van der Waals surface area contributed by atoms with Gasteiger partial charge in [0.15, 0.2) is 0 Å². The van der Waals surface area contributed by atoms with Crippen LogP contribution in [0.4, 0.5) is 0 Å². The third kappa shape index (κ3) is 4.90. The first kappa shape index (κ1) is 16.1. The van der Waals surface area contributed by atoms with Gasteiger partial charge in [-0.15, -0.1) is 11.8 Å². The molecule has 0 bridgehead atoms. The van der Waals surface area contributed by atoms with E-state index in [1.54, 1.807) is 0 Å². The summed E-state index contributed by atoms with van der Waals surface area (Å²) in [4.78, 5) is 1.35. The van der Waals surface area contributed by atoms with E-state index in [9.17, 15) is 0 Å². The van der Waals surface area contributed by atoms with Crippen molar-refractivity contribution in [2.75, 3.05) is 12.8 Å². The highest BCUT2D eigenvalue weighted by atomic mass is 32.2. The van der Waals surface area contributed by atoms with Crippen LogP contribution in [0.1, 0.15) is 22.3 Å². The molecule has 1 unspecified atom stereocenters. The smallest absolute Gasteiger partial charge is 0.0199 e. The van der Waals surface area contributed by atoms with Crippen molar-refractivity contribution in [2.45, 2.75) is 38.1 Å². The van der Waals surface area contributed by atoms with E-state index < -0.39 is 0 Å². The Hall–Kier alpha value is -1.25. The van der Waals surface area contributed by atoms with Crippen LogP contribution in [-0.4, -0.2) is 18.8 Å². The Morgan fingerprint density at radius 3 is 2.29 bits per heavy atom. The maximum Gasteiger partial charge on any atom is 0.0199 e. The van der Waals surface area contributed by atoms with Crippen LogP contribution < -0.4 is 5.32 Å². The molecule has 0 aliphatic rings. The molecular formula is C19H25NS. The van der Waals surface area contributed by atoms with Crippen LogP contribution >= 0.6 is 11.8 Å². The maximum atomic E-state index is 3.45. The van der Waals surface area contributed by atoms with Crippen LogP contribution in [0.15, 0.2) is 47.4 Å². The number of rotatable bonds is 6. The van der Waals surface area contributed by atoms with Crippen molar-refractivity contribution in [1.29, 1.82) is 0 Å². The second-order valence-corrected chi connectivity index (χ2v) is 6.83. The van der Waals surface area contributed by atoms with Gasteiger partial charge in [-0.25, -0.2) is 0 Å². The summed E-state index contributed by atoms with van der Waals surface area (Å²) in [6, 6.07) is 16.1. The van der Waals surface area contributed by atoms with Crippen LogP contribution in [0.5, 0.6) is 0 Å². The van der Waals surface area contributed by atoms with E-state index in [1.807, 2.05) is 11.8 Å². The lowest BCUT2D eigenvalue weighted by Gasteiger charge is -2.16. The molecule has 2 rings (SSSR count). The quantitative estimate of drug-likeness (QED) is 0.786. The first-order chi connectivity index (χ1) is 10.1. The Labute approximate surface area is 133 Å². The second-order valence-electron chi connectivity index (χ2n) is 5.73. The van der Waals surface area contributed by atoms with Crippen LogP contribution in [0.3, 0.4) is 0 Å². The van der Waals surface area contributed by atoms with Crippen molar-refractivity contribution in [2.24, 2.45) is 0 Å². The van der Waals surface area contributed by atoms with E-state index in [2.05, 4.69) is 75.6 Å². The highest BCUT2D eigenvalue weighted by molar-refractivity contribution is 7.99. The van der Waals surface area contributed by atoms with Gasteiger partial charge in [-0.05, 0) is 63.1 Å². The molecule has 0 radical (unpaired) electrons. The summed E-state index contributed by atoms with van der Waals surface area (Å²) in [5.74, 6) is 1.09. The van der Waals surface area contributed by atoms with E-state index in [1.165, 1.54) is 27.1 Å². The number of aryl methyl sites for hydroxylation is 3. The highest BCUT2D eigenvalue weighted by Gasteiger charge is 2.09. The fraction of sp³-hybridized carbons (Fsp3) is 0.368. The SMILES string of the molecule is CNC(CSc1ccc(C)cc1)Cc1ccc(C)c(C)c1. The molecule has 0 heterocycles. The molecule has 21 heavy (non-hydrogen) atoms. The molecule has 0 aliphatic carbocycles. The fourth-order valence-corrected chi connectivity index (χ4v) is 3.30. The van der Waals surface area contributed by atoms with Crippen molar-refractivity contribution in [3.05, 3.63) is 64.7 Å². The largest absolute Gasteiger partial charge is 0.316 e. The molecular weight excluding hydrogens is 274 g/mol. The lowest BCUT2D eigenvalue weighted by molar-refractivity contribution is 0.617. The van der Waals surface area contributed by atoms with Gasteiger partial charge in [0.2, 0.25) is 0 Å². The molecule has 0 fully saturated rings. The number of benzene rings is 2. The van der Waals surface area contributed by atoms with Crippen molar-refractivity contribution < 1.29 is 0 Å². The summed E-state index contributed by atoms with van der Waals surface area (Å²) in [5.41, 5.74) is 5.49. The fourth-order valence-electron chi connectivity index (χ4n) is 2.29. The average Bonchev–Trinajstić information content (AvgIpc) is 2.49. The molecule has 0 aromatic heterocycles. The number of likely N-dealkylation sites (N-methyl/N-ethyl adjacent to an activating group) is 1. The average molecular weight is 299 g/mol. The third-order valence-electron chi connectivity index (χ3n) is 3.93. The molecule has 2 aromatic carbocycles. The van der Waals surface area contributed by atoms with Gasteiger partial charge < -0.3 is 5.32 Å². The van der Waals surface area contributed by atoms with Crippen LogP contribution in [0, 0.1) is 20.8 Å². The lowest BCUT2D eigenvalue weighted by atomic mass is 10.0. The van der Waals surface area contributed by atoms with Gasteiger partial charge in [0.25, 0.3) is 0 Å². The Bertz CT molecular complexity index is 575. The zero-order chi connectivity index (χ0) is 15.2. The van der Waals surface area contributed by atoms with Gasteiger partial charge in [0, 0.05) is 16.7 Å². The Balaban J connectivity index is 1.93. The monoisotopic (exact) mass is 299 g/mol. The zero-order valence-corrected chi connectivity index (χ0v) is 14.3. The summed E-state index contributed by atoms with van der Waals surface area (Å²) >= 11 is 1.93. The van der Waals surface area contributed by atoms with E-state index in [0.29, 0.717) is 6.04 Å². The first-order valence-electron chi connectivity index (χ1n) is 7.51. The normalized spacial score (nSPS) is 12.4. The Kier molecular flexibility index (Phi) is 5.89. The summed E-state index contributed by atoms with van der Waals surface area (Å²) < 4.78 is 0. The van der Waals surface area contributed by atoms with Gasteiger partial charge >= 0.3 is 0 Å². The lowest BCUT2D eigenvalue weighted by Crippen LogP contribution is -2.30. The molecule has 0 saturated heterocycles. The van der Waals surface area contributed by atoms with E-state index >= 15 is 0 Å². The van der Waals surface area contributed by atoms with E-state index in [0.717, 1.165) is 12.2 Å². The van der Waals surface area contributed by atoms with Gasteiger partial charge in [-0.3, -0.25) is 0 Å². The molecule has 1 atom stereocenters. The Morgan fingerprint density at radius 2 is 1.67 bits per heavy atom. The molecule has 0 saturated carbocycles. The maximum absolute atomic E-state index is 3.45. The summed E-state index contributed by atoms with van der Waals surface area (Å²) in [6.45, 7) is 6.49. The van der Waals surface area contributed by atoms with E-state index in [4.69, 9.17) is 0 Å². The highest BCUT2D eigenvalue weighted by Crippen LogP contribution is 2.20. The summed E-state index contributed by atoms with van der Waals surface area (Å²) in [7, 11) is 2.06. The molecule has 0 aliphatic heterocycles. The van der Waals surface area contributed by atoms with Crippen LogP contribution in [0.2, 0.25) is 0 Å². The van der Waals surface area contributed by atoms with Crippen molar-refractivity contribution >= 4 is 11.8 Å². The molecule has 0 amide bonds. The van der Waals surface area contributed by atoms with E-state index in [-0.39, 0.29) is 0 Å². The molecule has 0 spiro atoms. The number of hydrogen-bond donors (Lipinski definition) is 1. The van der Waals surface area contributed by atoms with Gasteiger partial charge in [0.1, 0.15) is 0 Å². The minimum atomic E-state index is 0.499. The van der Waals surface area contributed by atoms with Crippen molar-refractivity contribution in [3.8, 4) is 0 Å². The van der Waals surface area contributed by atoms with Gasteiger partial charge in [0.05, 0.1) is 0 Å². The number of hydrogen-bond acceptors (Lipinski definition) is 2. The summed E-state index contributed by atoms with van der Waals surface area (Å²) in [6.07, 6.45) is 1.08. The third-order valence-corrected chi connectivity index (χ3v) is 5.11. The molecule has 2 heteroatoms. The predicted molar refractivity (Wildman–Crippen MR) is 94.4 cm³/mol. The van der Waals surface area contributed by atoms with Gasteiger partial charge in [-0.1, -0.05) is 35.9 Å². The van der Waals surface area contributed by atoms with Crippen molar-refractivity contribution in [3.63, 3.8) is 0 Å². The second kappa shape index (κ2) is 7.67. The van der Waals surface area contributed by atoms with Crippen molar-refractivity contribution in [1.82, 2.24) is 5.32 Å². The number of nitrogens with one attached hydrogen (secondary N) is 1. The molecule has 1 nitrogen and oxygen atoms in total. The number of thioether (sulfide) groups is 1. The van der Waals surface area contributed by atoms with Crippen LogP contribution in [-0.2, 0) is 6.42 Å². The molecule has 1 N–H and O–H groups in total. The minimum absolute atomic E-state index is 0.499. The Morgan fingerprint density at radius 1 is 0.952 bits per heavy atom. The molecule has 2 aromatic rings. The van der Waals surface area contributed by atoms with Crippen LogP contribution in [0.25, 0.3) is 0 Å².